The molecule has 2 heterocycles. The molecule has 2 aromatic rings. The van der Waals surface area contributed by atoms with Gasteiger partial charge in [-0.1, -0.05) is 60.7 Å². The van der Waals surface area contributed by atoms with Gasteiger partial charge in [-0.2, -0.15) is 0 Å². The molecular formula is C23H29N3O2. The van der Waals surface area contributed by atoms with Gasteiger partial charge in [-0.3, -0.25) is 4.90 Å². The van der Waals surface area contributed by atoms with Crippen LogP contribution < -0.4 is 5.32 Å². The van der Waals surface area contributed by atoms with E-state index in [0.29, 0.717) is 12.1 Å². The van der Waals surface area contributed by atoms with E-state index in [0.717, 1.165) is 50.1 Å². The average Bonchev–Trinajstić information content (AvgIpc) is 2.73. The first-order valence-corrected chi connectivity index (χ1v) is 10.2. The van der Waals surface area contributed by atoms with Gasteiger partial charge in [-0.05, 0) is 24.0 Å². The normalized spacial score (nSPS) is 18.9. The number of hydrogen-bond acceptors (Lipinski definition) is 3. The first-order valence-electron chi connectivity index (χ1n) is 10.2. The van der Waals surface area contributed by atoms with Gasteiger partial charge in [-0.25, -0.2) is 4.79 Å². The van der Waals surface area contributed by atoms with E-state index >= 15 is 0 Å². The predicted octanol–water partition coefficient (Wildman–Crippen LogP) is 3.28. The number of nitrogens with zero attached hydrogens (tertiary/aromatic N) is 2. The number of piperidine rings is 1. The molecule has 2 amide bonds. The number of likely N-dealkylation sites (tertiary alicyclic amines) is 2. The van der Waals surface area contributed by atoms with E-state index in [9.17, 15) is 4.79 Å². The van der Waals surface area contributed by atoms with E-state index in [-0.39, 0.29) is 12.1 Å². The molecule has 2 aromatic carbocycles. The number of ether oxygens (including phenoxy) is 1. The topological polar surface area (TPSA) is 44.8 Å². The summed E-state index contributed by atoms with van der Waals surface area (Å²) < 4.78 is 5.46. The number of rotatable bonds is 5. The maximum Gasteiger partial charge on any atom is 0.318 e. The smallest absolute Gasteiger partial charge is 0.318 e. The van der Waals surface area contributed by atoms with Crippen LogP contribution in [0.4, 0.5) is 4.79 Å². The number of hydrogen-bond donors (Lipinski definition) is 1. The monoisotopic (exact) mass is 379 g/mol. The van der Waals surface area contributed by atoms with Crippen molar-refractivity contribution in [1.82, 2.24) is 15.1 Å². The molecule has 0 radical (unpaired) electrons. The van der Waals surface area contributed by atoms with Crippen molar-refractivity contribution in [2.24, 2.45) is 0 Å². The zero-order valence-electron chi connectivity index (χ0n) is 16.5. The number of nitrogens with one attached hydrogen (secondary N) is 1. The third-order valence-electron chi connectivity index (χ3n) is 6.01. The molecule has 0 aromatic heterocycles. The number of carbonyl (C=O) groups is 1. The maximum absolute atomic E-state index is 12.9. The fourth-order valence-corrected chi connectivity index (χ4v) is 4.19. The van der Waals surface area contributed by atoms with Gasteiger partial charge in [0, 0.05) is 39.3 Å². The van der Waals surface area contributed by atoms with Crippen LogP contribution in [0.5, 0.6) is 0 Å². The summed E-state index contributed by atoms with van der Waals surface area (Å²) >= 11 is 0. The van der Waals surface area contributed by atoms with Crippen LogP contribution in [0.15, 0.2) is 60.7 Å². The Hall–Kier alpha value is -2.37. The Kier molecular flexibility index (Phi) is 5.93. The lowest BCUT2D eigenvalue weighted by molar-refractivity contribution is -0.00533. The van der Waals surface area contributed by atoms with E-state index in [1.165, 1.54) is 0 Å². The predicted molar refractivity (Wildman–Crippen MR) is 110 cm³/mol. The van der Waals surface area contributed by atoms with Gasteiger partial charge < -0.3 is 15.0 Å². The van der Waals surface area contributed by atoms with E-state index in [1.807, 2.05) is 41.3 Å². The van der Waals surface area contributed by atoms with Crippen molar-refractivity contribution in [3.05, 3.63) is 71.8 Å². The van der Waals surface area contributed by atoms with E-state index in [1.54, 1.807) is 7.11 Å². The van der Waals surface area contributed by atoms with Gasteiger partial charge in [0.1, 0.15) is 0 Å². The van der Waals surface area contributed by atoms with Gasteiger partial charge in [-0.15, -0.1) is 0 Å². The Bertz CT molecular complexity index is 714. The van der Waals surface area contributed by atoms with Gasteiger partial charge in [0.25, 0.3) is 0 Å². The Morgan fingerprint density at radius 2 is 1.50 bits per heavy atom. The van der Waals surface area contributed by atoms with Gasteiger partial charge in [0.15, 0.2) is 0 Å². The summed E-state index contributed by atoms with van der Waals surface area (Å²) in [6.45, 7) is 3.74. The molecule has 5 nitrogen and oxygen atoms in total. The third kappa shape index (κ3) is 4.21. The third-order valence-corrected chi connectivity index (χ3v) is 6.01. The molecule has 0 atom stereocenters. The van der Waals surface area contributed by atoms with Crippen molar-refractivity contribution < 1.29 is 9.53 Å². The second-order valence-electron chi connectivity index (χ2n) is 7.73. The van der Waals surface area contributed by atoms with E-state index in [2.05, 4.69) is 34.5 Å². The minimum atomic E-state index is -0.133. The summed E-state index contributed by atoms with van der Waals surface area (Å²) in [5.74, 6) is 0. The van der Waals surface area contributed by atoms with E-state index in [4.69, 9.17) is 4.74 Å². The van der Waals surface area contributed by atoms with Crippen LogP contribution in [-0.4, -0.2) is 61.3 Å². The molecule has 0 bridgehead atoms. The van der Waals surface area contributed by atoms with E-state index < -0.39 is 0 Å². The van der Waals surface area contributed by atoms with Gasteiger partial charge in [0.2, 0.25) is 0 Å². The lowest BCUT2D eigenvalue weighted by Gasteiger charge is -2.47. The fraction of sp³-hybridized carbons (Fsp3) is 0.435. The van der Waals surface area contributed by atoms with Crippen LogP contribution in [0.3, 0.4) is 0 Å². The van der Waals surface area contributed by atoms with Crippen molar-refractivity contribution >= 4 is 6.03 Å². The highest BCUT2D eigenvalue weighted by Crippen LogP contribution is 2.25. The molecule has 2 saturated heterocycles. The lowest BCUT2D eigenvalue weighted by Crippen LogP contribution is -2.64. The van der Waals surface area contributed by atoms with Crippen molar-refractivity contribution in [1.29, 1.82) is 0 Å². The molecule has 28 heavy (non-hydrogen) atoms. The number of carbonyl (C=O) groups excluding carboxylic acids is 1. The SMILES string of the molecule is COC1CCN(C2CN(C(=O)NC(c3ccccc3)c3ccccc3)C2)CC1. The van der Waals surface area contributed by atoms with Crippen molar-refractivity contribution in [2.75, 3.05) is 33.3 Å². The Balaban J connectivity index is 1.36. The molecule has 2 aliphatic rings. The quantitative estimate of drug-likeness (QED) is 0.867. The summed E-state index contributed by atoms with van der Waals surface area (Å²) in [5.41, 5.74) is 2.20. The molecule has 0 unspecified atom stereocenters. The molecule has 0 spiro atoms. The Labute approximate surface area is 167 Å². The highest BCUT2D eigenvalue weighted by atomic mass is 16.5. The Morgan fingerprint density at radius 3 is 2.00 bits per heavy atom. The number of amides is 2. The van der Waals surface area contributed by atoms with Gasteiger partial charge >= 0.3 is 6.03 Å². The molecule has 0 saturated carbocycles. The molecular weight excluding hydrogens is 350 g/mol. The summed E-state index contributed by atoms with van der Waals surface area (Å²) in [4.78, 5) is 17.3. The summed E-state index contributed by atoms with van der Waals surface area (Å²) in [5, 5.41) is 3.24. The molecule has 0 aliphatic carbocycles. The van der Waals surface area contributed by atoms with Crippen LogP contribution in [-0.2, 0) is 4.74 Å². The second kappa shape index (κ2) is 8.76. The van der Waals surface area contributed by atoms with Crippen LogP contribution in [0.1, 0.15) is 30.0 Å². The second-order valence-corrected chi connectivity index (χ2v) is 7.73. The van der Waals surface area contributed by atoms with Gasteiger partial charge in [0.05, 0.1) is 12.1 Å². The zero-order chi connectivity index (χ0) is 19.3. The molecule has 4 rings (SSSR count). The highest BCUT2D eigenvalue weighted by Gasteiger charge is 2.37. The maximum atomic E-state index is 12.9. The minimum Gasteiger partial charge on any atom is -0.381 e. The first kappa shape index (κ1) is 19.0. The molecule has 5 heteroatoms. The van der Waals surface area contributed by atoms with Crippen LogP contribution in [0.25, 0.3) is 0 Å². The summed E-state index contributed by atoms with van der Waals surface area (Å²) in [7, 11) is 1.80. The minimum absolute atomic E-state index is 0.0146. The zero-order valence-corrected chi connectivity index (χ0v) is 16.5. The summed E-state index contributed by atoms with van der Waals surface area (Å²) in [6, 6.07) is 20.7. The van der Waals surface area contributed by atoms with Crippen molar-refractivity contribution in [3.63, 3.8) is 0 Å². The number of urea groups is 1. The summed E-state index contributed by atoms with van der Waals surface area (Å²) in [6.07, 6.45) is 2.57. The molecule has 1 N–H and O–H groups in total. The molecule has 2 fully saturated rings. The average molecular weight is 380 g/mol. The molecule has 148 valence electrons. The van der Waals surface area contributed by atoms with Crippen LogP contribution in [0.2, 0.25) is 0 Å². The lowest BCUT2D eigenvalue weighted by atomic mass is 9.98. The Morgan fingerprint density at radius 1 is 0.964 bits per heavy atom. The number of methoxy groups -OCH3 is 1. The fourth-order valence-electron chi connectivity index (χ4n) is 4.19. The standard InChI is InChI=1S/C23H29N3O2/c1-28-21-12-14-25(15-13-21)20-16-26(17-20)23(27)24-22(18-8-4-2-5-9-18)19-10-6-3-7-11-19/h2-11,20-22H,12-17H2,1H3,(H,24,27). The highest BCUT2D eigenvalue weighted by molar-refractivity contribution is 5.76. The van der Waals surface area contributed by atoms with Crippen LogP contribution >= 0.6 is 0 Å². The largest absolute Gasteiger partial charge is 0.381 e. The molecule has 2 aliphatic heterocycles. The number of benzene rings is 2. The van der Waals surface area contributed by atoms with Crippen LogP contribution in [0, 0.1) is 0 Å². The van der Waals surface area contributed by atoms with Crippen molar-refractivity contribution in [3.8, 4) is 0 Å². The first-order chi connectivity index (χ1) is 13.7. The van der Waals surface area contributed by atoms with Crippen molar-refractivity contribution in [2.45, 2.75) is 31.0 Å².